The molecule has 126 valence electrons. The molecule has 1 amide bonds. The van der Waals surface area contributed by atoms with Crippen LogP contribution in [0, 0.1) is 6.92 Å². The third-order valence-corrected chi connectivity index (χ3v) is 5.60. The lowest BCUT2D eigenvalue weighted by Gasteiger charge is -2.29. The first-order valence-corrected chi connectivity index (χ1v) is 9.44. The molecule has 3 aromatic rings. The standard InChI is InChI=1S/C18H14N2O3S2/c1-11-19-13(10-25-11)12-4-5-16-14(7-12)20(18(22)9-23-16)8-15(21)17-3-2-6-24-17/h2-7,10H,8-9H2,1H3. The summed E-state index contributed by atoms with van der Waals surface area (Å²) in [6.07, 6.45) is 0. The molecule has 3 heterocycles. The van der Waals surface area contributed by atoms with Gasteiger partial charge in [0.25, 0.3) is 5.91 Å². The molecule has 1 aromatic carbocycles. The molecule has 1 aliphatic rings. The van der Waals surface area contributed by atoms with Crippen molar-refractivity contribution >= 4 is 40.1 Å². The predicted molar refractivity (Wildman–Crippen MR) is 98.8 cm³/mol. The van der Waals surface area contributed by atoms with Crippen LogP contribution in [0.3, 0.4) is 0 Å². The number of hydrogen-bond acceptors (Lipinski definition) is 6. The highest BCUT2D eigenvalue weighted by Gasteiger charge is 2.28. The van der Waals surface area contributed by atoms with Gasteiger partial charge in [0, 0.05) is 10.9 Å². The van der Waals surface area contributed by atoms with Crippen molar-refractivity contribution in [3.8, 4) is 17.0 Å². The largest absolute Gasteiger partial charge is 0.482 e. The Morgan fingerprint density at radius 3 is 2.92 bits per heavy atom. The Balaban J connectivity index is 1.69. The van der Waals surface area contributed by atoms with Crippen molar-refractivity contribution in [1.29, 1.82) is 0 Å². The number of ether oxygens (including phenoxy) is 1. The molecule has 1 aliphatic heterocycles. The summed E-state index contributed by atoms with van der Waals surface area (Å²) in [5, 5.41) is 4.80. The maximum Gasteiger partial charge on any atom is 0.265 e. The van der Waals surface area contributed by atoms with Crippen molar-refractivity contribution in [2.24, 2.45) is 0 Å². The first-order chi connectivity index (χ1) is 12.1. The van der Waals surface area contributed by atoms with Crippen LogP contribution in [0.2, 0.25) is 0 Å². The number of benzene rings is 1. The van der Waals surface area contributed by atoms with E-state index < -0.39 is 0 Å². The molecular formula is C18H14N2O3S2. The Morgan fingerprint density at radius 2 is 2.20 bits per heavy atom. The number of aromatic nitrogens is 1. The quantitative estimate of drug-likeness (QED) is 0.656. The van der Waals surface area contributed by atoms with Crippen molar-refractivity contribution in [2.75, 3.05) is 18.1 Å². The molecule has 0 bridgehead atoms. The fourth-order valence-corrected chi connectivity index (χ4v) is 3.97. The SMILES string of the molecule is Cc1nc(-c2ccc3c(c2)N(CC(=O)c2cccs2)C(=O)CO3)cs1. The van der Waals surface area contributed by atoms with Crippen LogP contribution < -0.4 is 9.64 Å². The first-order valence-electron chi connectivity index (χ1n) is 7.68. The summed E-state index contributed by atoms with van der Waals surface area (Å²) in [5.41, 5.74) is 2.37. The molecule has 0 fully saturated rings. The molecule has 5 nitrogen and oxygen atoms in total. The van der Waals surface area contributed by atoms with E-state index in [0.717, 1.165) is 16.3 Å². The summed E-state index contributed by atoms with van der Waals surface area (Å²) < 4.78 is 5.52. The number of Topliss-reactive ketones (excluding diaryl/α,β-unsaturated/α-hetero) is 1. The van der Waals surface area contributed by atoms with Crippen LogP contribution in [-0.2, 0) is 4.79 Å². The Hall–Kier alpha value is -2.51. The second-order valence-electron chi connectivity index (χ2n) is 5.60. The van der Waals surface area contributed by atoms with E-state index in [1.807, 2.05) is 41.9 Å². The molecular weight excluding hydrogens is 356 g/mol. The molecule has 25 heavy (non-hydrogen) atoms. The Morgan fingerprint density at radius 1 is 1.32 bits per heavy atom. The maximum absolute atomic E-state index is 12.5. The molecule has 0 spiro atoms. The summed E-state index contributed by atoms with van der Waals surface area (Å²) >= 11 is 2.95. The number of thiophene rings is 1. The highest BCUT2D eigenvalue weighted by molar-refractivity contribution is 7.12. The number of ketones is 1. The minimum atomic E-state index is -0.219. The lowest BCUT2D eigenvalue weighted by Crippen LogP contribution is -2.41. The van der Waals surface area contributed by atoms with Crippen molar-refractivity contribution in [3.05, 3.63) is 51.0 Å². The van der Waals surface area contributed by atoms with E-state index in [9.17, 15) is 9.59 Å². The van der Waals surface area contributed by atoms with Crippen LogP contribution in [0.4, 0.5) is 5.69 Å². The second-order valence-corrected chi connectivity index (χ2v) is 7.61. The van der Waals surface area contributed by atoms with E-state index in [1.165, 1.54) is 16.2 Å². The smallest absolute Gasteiger partial charge is 0.265 e. The molecule has 0 radical (unpaired) electrons. The molecule has 2 aromatic heterocycles. The summed E-state index contributed by atoms with van der Waals surface area (Å²) in [6, 6.07) is 9.21. The van der Waals surface area contributed by atoms with Crippen LogP contribution in [0.15, 0.2) is 41.1 Å². The summed E-state index contributed by atoms with van der Waals surface area (Å²) in [4.78, 5) is 31.4. The maximum atomic E-state index is 12.5. The number of thiazole rings is 1. The number of fused-ring (bicyclic) bond motifs is 1. The number of aryl methyl sites for hydroxylation is 1. The van der Waals surface area contributed by atoms with Gasteiger partial charge in [-0.15, -0.1) is 22.7 Å². The molecule has 0 unspecified atom stereocenters. The number of rotatable bonds is 4. The summed E-state index contributed by atoms with van der Waals surface area (Å²) in [5.74, 6) is 0.310. The minimum absolute atomic E-state index is 0.00918. The normalized spacial score (nSPS) is 13.5. The monoisotopic (exact) mass is 370 g/mol. The van der Waals surface area contributed by atoms with Gasteiger partial charge in [0.1, 0.15) is 5.75 Å². The average molecular weight is 370 g/mol. The van der Waals surface area contributed by atoms with Crippen molar-refractivity contribution in [3.63, 3.8) is 0 Å². The Labute approximate surface area is 152 Å². The number of amides is 1. The van der Waals surface area contributed by atoms with Crippen LogP contribution >= 0.6 is 22.7 Å². The van der Waals surface area contributed by atoms with E-state index in [-0.39, 0.29) is 24.8 Å². The Kier molecular flexibility index (Phi) is 4.10. The van der Waals surface area contributed by atoms with Crippen LogP contribution in [0.25, 0.3) is 11.3 Å². The number of nitrogens with zero attached hydrogens (tertiary/aromatic N) is 2. The van der Waals surface area contributed by atoms with Gasteiger partial charge in [-0.05, 0) is 36.6 Å². The van der Waals surface area contributed by atoms with Gasteiger partial charge in [-0.1, -0.05) is 6.07 Å². The molecule has 0 atom stereocenters. The molecule has 0 saturated carbocycles. The van der Waals surface area contributed by atoms with Crippen LogP contribution in [0.1, 0.15) is 14.7 Å². The predicted octanol–water partition coefficient (Wildman–Crippen LogP) is 3.79. The Bertz CT molecular complexity index is 947. The fraction of sp³-hybridized carbons (Fsp3) is 0.167. The first kappa shape index (κ1) is 16.0. The van der Waals surface area contributed by atoms with E-state index in [0.29, 0.717) is 16.3 Å². The van der Waals surface area contributed by atoms with Gasteiger partial charge < -0.3 is 4.74 Å². The van der Waals surface area contributed by atoms with Gasteiger partial charge in [0.05, 0.1) is 27.8 Å². The zero-order chi connectivity index (χ0) is 17.4. The van der Waals surface area contributed by atoms with Crippen LogP contribution in [-0.4, -0.2) is 29.8 Å². The van der Waals surface area contributed by atoms with Gasteiger partial charge >= 0.3 is 0 Å². The van der Waals surface area contributed by atoms with Crippen molar-refractivity contribution < 1.29 is 14.3 Å². The molecule has 0 saturated heterocycles. The van der Waals surface area contributed by atoms with E-state index >= 15 is 0 Å². The third-order valence-electron chi connectivity index (χ3n) is 3.91. The fourth-order valence-electron chi connectivity index (χ4n) is 2.69. The third kappa shape index (κ3) is 3.08. The van der Waals surface area contributed by atoms with Crippen LogP contribution in [0.5, 0.6) is 5.75 Å². The summed E-state index contributed by atoms with van der Waals surface area (Å²) in [7, 11) is 0. The molecule has 7 heteroatoms. The lowest BCUT2D eigenvalue weighted by molar-refractivity contribution is -0.121. The van der Waals surface area contributed by atoms with E-state index in [1.54, 1.807) is 17.4 Å². The number of anilines is 1. The van der Waals surface area contributed by atoms with E-state index in [4.69, 9.17) is 4.74 Å². The average Bonchev–Trinajstić information content (AvgIpc) is 3.28. The zero-order valence-electron chi connectivity index (χ0n) is 13.4. The van der Waals surface area contributed by atoms with E-state index in [2.05, 4.69) is 4.98 Å². The van der Waals surface area contributed by atoms with Gasteiger partial charge in [0.2, 0.25) is 0 Å². The van der Waals surface area contributed by atoms with Gasteiger partial charge in [-0.2, -0.15) is 0 Å². The van der Waals surface area contributed by atoms with Crippen molar-refractivity contribution in [2.45, 2.75) is 6.92 Å². The highest BCUT2D eigenvalue weighted by atomic mass is 32.1. The topological polar surface area (TPSA) is 59.5 Å². The highest BCUT2D eigenvalue weighted by Crippen LogP contribution is 2.36. The van der Waals surface area contributed by atoms with Gasteiger partial charge in [0.15, 0.2) is 12.4 Å². The van der Waals surface area contributed by atoms with Gasteiger partial charge in [-0.3, -0.25) is 14.5 Å². The minimum Gasteiger partial charge on any atom is -0.482 e. The zero-order valence-corrected chi connectivity index (χ0v) is 15.0. The second kappa shape index (κ2) is 6.42. The number of hydrogen-bond donors (Lipinski definition) is 0. The summed E-state index contributed by atoms with van der Waals surface area (Å²) in [6.45, 7) is 1.90. The van der Waals surface area contributed by atoms with Crippen molar-refractivity contribution in [1.82, 2.24) is 4.98 Å². The lowest BCUT2D eigenvalue weighted by atomic mass is 10.1. The number of carbonyl (C=O) groups is 2. The van der Waals surface area contributed by atoms with Gasteiger partial charge in [-0.25, -0.2) is 4.98 Å². The number of carbonyl (C=O) groups excluding carboxylic acids is 2. The molecule has 4 rings (SSSR count). The molecule has 0 aliphatic carbocycles. The molecule has 0 N–H and O–H groups in total.